The van der Waals surface area contributed by atoms with Gasteiger partial charge in [0.2, 0.25) is 0 Å². The fraction of sp³-hybridized carbons (Fsp3) is 0.108. The van der Waals surface area contributed by atoms with Crippen LogP contribution in [0.15, 0.2) is 237 Å². The number of nitrogens with zero attached hydrogens (tertiary/aromatic N) is 2. The van der Waals surface area contributed by atoms with Gasteiger partial charge in [-0.25, -0.2) is 0 Å². The van der Waals surface area contributed by atoms with Crippen molar-refractivity contribution in [2.24, 2.45) is 0 Å². The van der Waals surface area contributed by atoms with Crippen LogP contribution in [0.5, 0.6) is 0 Å². The number of hydrogen-bond donors (Lipinski definition) is 0. The minimum atomic E-state index is -0.107. The van der Waals surface area contributed by atoms with Crippen molar-refractivity contribution in [1.82, 2.24) is 0 Å². The molecule has 0 fully saturated rings. The van der Waals surface area contributed by atoms with Gasteiger partial charge in [-0.05, 0) is 159 Å². The first-order valence-electron chi connectivity index (χ1n) is 27.5. The Morgan fingerprint density at radius 2 is 0.910 bits per heavy atom. The Morgan fingerprint density at radius 1 is 0.359 bits per heavy atom. The summed E-state index contributed by atoms with van der Waals surface area (Å²) in [5.41, 5.74) is 22.0. The molecule has 4 heteroatoms. The fourth-order valence-corrected chi connectivity index (χ4v) is 14.2. The predicted octanol–water partition coefficient (Wildman–Crippen LogP) is 19.1. The number of hydrogen-bond acceptors (Lipinski definition) is 3. The van der Waals surface area contributed by atoms with Crippen molar-refractivity contribution in [2.75, 3.05) is 9.80 Å². The molecule has 2 aliphatic heterocycles. The highest BCUT2D eigenvalue weighted by Gasteiger charge is 2.46. The van der Waals surface area contributed by atoms with Crippen molar-refractivity contribution in [3.05, 3.63) is 248 Å². The molecule has 2 aliphatic rings. The van der Waals surface area contributed by atoms with Gasteiger partial charge in [0, 0.05) is 43.2 Å². The standard InChI is InChI=1S/C74H57BN2S/c1-73(2,3)55-31-34-57(35-32-55)76-64-38-29-53(47-19-12-8-13-20-47)42-62(64)75-70-65(76)43-54(48-21-14-9-15-22-48)44-66(70)77(71-61-41-52(46-17-10-7-11-18-46)30-40-67(61)78-72(71)75)63-39-33-56(74(4,5)6)45-60(63)58-36-27-51-26-25-49-23-16-24-50-28-37-59(58)69(51)68(49)50/h7-45H,1-6H3. The third kappa shape index (κ3) is 7.30. The Labute approximate surface area is 461 Å². The lowest BCUT2D eigenvalue weighted by atomic mass is 9.36. The minimum Gasteiger partial charge on any atom is -0.311 e. The van der Waals surface area contributed by atoms with Gasteiger partial charge in [0.05, 0.1) is 11.4 Å². The summed E-state index contributed by atoms with van der Waals surface area (Å²) in [5, 5.41) is 9.00. The van der Waals surface area contributed by atoms with Gasteiger partial charge in [-0.1, -0.05) is 224 Å². The highest BCUT2D eigenvalue weighted by Crippen LogP contribution is 2.53. The first-order valence-corrected chi connectivity index (χ1v) is 28.3. The smallest absolute Gasteiger partial charge is 0.264 e. The molecule has 78 heavy (non-hydrogen) atoms. The van der Waals surface area contributed by atoms with E-state index in [1.807, 2.05) is 11.3 Å². The van der Waals surface area contributed by atoms with Crippen LogP contribution in [0, 0.1) is 0 Å². The molecule has 0 aliphatic carbocycles. The van der Waals surface area contributed by atoms with E-state index in [1.165, 1.54) is 142 Å². The molecule has 372 valence electrons. The zero-order valence-corrected chi connectivity index (χ0v) is 45.7. The average molecular weight is 1020 g/mol. The summed E-state index contributed by atoms with van der Waals surface area (Å²) >= 11 is 1.96. The maximum absolute atomic E-state index is 2.71. The summed E-state index contributed by atoms with van der Waals surface area (Å²) < 4.78 is 2.63. The van der Waals surface area contributed by atoms with E-state index in [0.717, 1.165) is 5.69 Å². The summed E-state index contributed by atoms with van der Waals surface area (Å²) in [6.45, 7) is 13.9. The Morgan fingerprint density at radius 3 is 1.56 bits per heavy atom. The molecule has 3 heterocycles. The van der Waals surface area contributed by atoms with Crippen LogP contribution in [0.4, 0.5) is 34.1 Å². The molecular formula is C74H57BN2S. The van der Waals surface area contributed by atoms with Crippen molar-refractivity contribution in [1.29, 1.82) is 0 Å². The molecule has 0 radical (unpaired) electrons. The van der Waals surface area contributed by atoms with Crippen molar-refractivity contribution in [3.8, 4) is 44.5 Å². The number of rotatable bonds is 6. The topological polar surface area (TPSA) is 6.48 Å². The van der Waals surface area contributed by atoms with Crippen molar-refractivity contribution in [3.63, 3.8) is 0 Å². The first-order chi connectivity index (χ1) is 37.9. The number of thiophene rings is 1. The molecule has 1 aromatic heterocycles. The van der Waals surface area contributed by atoms with Gasteiger partial charge in [0.25, 0.3) is 6.71 Å². The lowest BCUT2D eigenvalue weighted by Gasteiger charge is -2.44. The highest BCUT2D eigenvalue weighted by atomic mass is 32.1. The molecule has 0 atom stereocenters. The van der Waals surface area contributed by atoms with Gasteiger partial charge >= 0.3 is 0 Å². The maximum Gasteiger partial charge on any atom is 0.264 e. The van der Waals surface area contributed by atoms with Crippen LogP contribution in [0.25, 0.3) is 86.9 Å². The predicted molar refractivity (Wildman–Crippen MR) is 339 cm³/mol. The molecular weight excluding hydrogens is 960 g/mol. The zero-order valence-electron chi connectivity index (χ0n) is 44.9. The molecule has 0 spiro atoms. The second kappa shape index (κ2) is 17.4. The number of anilines is 6. The lowest BCUT2D eigenvalue weighted by molar-refractivity contribution is 0.590. The van der Waals surface area contributed by atoms with Crippen LogP contribution in [0.3, 0.4) is 0 Å². The van der Waals surface area contributed by atoms with E-state index in [1.54, 1.807) is 0 Å². The fourth-order valence-electron chi connectivity index (χ4n) is 12.9. The Hall–Kier alpha value is -8.70. The second-order valence-electron chi connectivity index (χ2n) is 23.7. The first kappa shape index (κ1) is 46.6. The average Bonchev–Trinajstić information content (AvgIpc) is 4.04. The van der Waals surface area contributed by atoms with Crippen molar-refractivity contribution < 1.29 is 0 Å². The highest BCUT2D eigenvalue weighted by molar-refractivity contribution is 7.33. The molecule has 0 amide bonds. The number of benzene rings is 12. The van der Waals surface area contributed by atoms with Gasteiger partial charge in [0.1, 0.15) is 0 Å². The monoisotopic (exact) mass is 1020 g/mol. The van der Waals surface area contributed by atoms with E-state index in [4.69, 9.17) is 0 Å². The summed E-state index contributed by atoms with van der Waals surface area (Å²) in [5.74, 6) is 0. The van der Waals surface area contributed by atoms with Gasteiger partial charge in [-0.3, -0.25) is 0 Å². The van der Waals surface area contributed by atoms with E-state index >= 15 is 0 Å². The minimum absolute atomic E-state index is 0.00775. The molecule has 0 bridgehead atoms. The van der Waals surface area contributed by atoms with Crippen LogP contribution in [0.1, 0.15) is 52.7 Å². The van der Waals surface area contributed by atoms with E-state index in [0.29, 0.717) is 0 Å². The SMILES string of the molecule is CC(C)(C)c1ccc(N2c3ccc(-c4ccccc4)cc3B3c4sc5ccc(-c6ccccc6)cc5c4N(c4ccc(C(C)(C)C)cc4-c4ccc5ccc6cccc7ccc4c5c67)c4cc(-c5ccccc5)cc2c43)cc1. The molecule has 0 unspecified atom stereocenters. The molecule has 0 saturated carbocycles. The van der Waals surface area contributed by atoms with E-state index < -0.39 is 0 Å². The van der Waals surface area contributed by atoms with E-state index in [9.17, 15) is 0 Å². The summed E-state index contributed by atoms with van der Waals surface area (Å²) in [4.78, 5) is 5.28. The lowest BCUT2D eigenvalue weighted by Crippen LogP contribution is -2.60. The van der Waals surface area contributed by atoms with Crippen LogP contribution in [0.2, 0.25) is 0 Å². The summed E-state index contributed by atoms with van der Waals surface area (Å²) in [6, 6.07) is 89.9. The van der Waals surface area contributed by atoms with Crippen LogP contribution >= 0.6 is 11.3 Å². The zero-order chi connectivity index (χ0) is 52.6. The maximum atomic E-state index is 2.71. The van der Waals surface area contributed by atoms with E-state index in [-0.39, 0.29) is 17.5 Å². The molecule has 0 saturated heterocycles. The Bertz CT molecular complexity index is 4490. The largest absolute Gasteiger partial charge is 0.311 e. The van der Waals surface area contributed by atoms with Crippen LogP contribution in [-0.2, 0) is 10.8 Å². The van der Waals surface area contributed by atoms with Crippen molar-refractivity contribution in [2.45, 2.75) is 52.4 Å². The molecule has 15 rings (SSSR count). The quantitative estimate of drug-likeness (QED) is 0.121. The molecule has 13 aromatic rings. The van der Waals surface area contributed by atoms with Gasteiger partial charge < -0.3 is 9.80 Å². The molecule has 2 nitrogen and oxygen atoms in total. The third-order valence-corrected chi connectivity index (χ3v) is 18.1. The van der Waals surface area contributed by atoms with Crippen LogP contribution in [-0.4, -0.2) is 6.71 Å². The Kier molecular flexibility index (Phi) is 10.4. The van der Waals surface area contributed by atoms with Gasteiger partial charge in [-0.15, -0.1) is 11.3 Å². The normalized spacial score (nSPS) is 13.2. The van der Waals surface area contributed by atoms with Crippen LogP contribution < -0.4 is 25.5 Å². The van der Waals surface area contributed by atoms with Gasteiger partial charge in [0.15, 0.2) is 0 Å². The van der Waals surface area contributed by atoms with Crippen molar-refractivity contribution >= 4 is 110 Å². The third-order valence-electron chi connectivity index (χ3n) is 16.9. The Balaban J connectivity index is 1.09. The van der Waals surface area contributed by atoms with E-state index in [2.05, 4.69) is 288 Å². The summed E-state index contributed by atoms with van der Waals surface area (Å²) in [7, 11) is 0. The molecule has 12 aromatic carbocycles. The molecule has 0 N–H and O–H groups in total. The second-order valence-corrected chi connectivity index (χ2v) is 24.8. The summed E-state index contributed by atoms with van der Waals surface area (Å²) in [6.07, 6.45) is 0. The van der Waals surface area contributed by atoms with Gasteiger partial charge in [-0.2, -0.15) is 0 Å². The number of fused-ring (bicyclic) bond motifs is 6.